The van der Waals surface area contributed by atoms with Gasteiger partial charge in [-0.2, -0.15) is 24.9 Å². The number of nitrogens with one attached hydrogen (secondary N) is 2. The monoisotopic (exact) mass is 490 g/mol. The Bertz CT molecular complexity index is 1190. The van der Waals surface area contributed by atoms with Crippen LogP contribution in [0.25, 0.3) is 10.9 Å². The molecular weight excluding hydrogens is 472 g/mol. The molecule has 0 spiro atoms. The highest BCUT2D eigenvalue weighted by atomic mass is 35.5. The Kier molecular flexibility index (Phi) is 6.97. The molecule has 2 atom stereocenters. The summed E-state index contributed by atoms with van der Waals surface area (Å²) in [6, 6.07) is 7.67. The maximum absolute atomic E-state index is 14.6. The third-order valence-electron chi connectivity index (χ3n) is 5.01. The van der Waals surface area contributed by atoms with Gasteiger partial charge in [-0.3, -0.25) is 4.79 Å². The van der Waals surface area contributed by atoms with Gasteiger partial charge in [-0.15, -0.1) is 0 Å². The summed E-state index contributed by atoms with van der Waals surface area (Å²) in [6.45, 7) is 0. The fraction of sp³-hybridized carbons (Fsp3) is 0.286. The first-order valence-electron chi connectivity index (χ1n) is 9.22. The van der Waals surface area contributed by atoms with Crippen LogP contribution in [0.2, 0.25) is 5.02 Å². The van der Waals surface area contributed by atoms with E-state index in [-0.39, 0.29) is 22.6 Å². The molecule has 0 radical (unpaired) electrons. The van der Waals surface area contributed by atoms with Crippen molar-refractivity contribution in [2.75, 3.05) is 24.4 Å². The van der Waals surface area contributed by atoms with Crippen molar-refractivity contribution >= 4 is 40.0 Å². The van der Waals surface area contributed by atoms with Crippen LogP contribution in [0, 0.1) is 5.82 Å². The van der Waals surface area contributed by atoms with E-state index in [1.54, 1.807) is 6.07 Å². The largest absolute Gasteiger partial charge is 0.494 e. The average Bonchev–Trinajstić information content (AvgIpc) is 2.73. The maximum atomic E-state index is 14.6. The Morgan fingerprint density at radius 3 is 2.56 bits per heavy atom. The standard InChI is InChI=1S/C21H19ClF4N2O3S/c1-31-15-8-6-12(17(22)18(15)23)19(20(30,10-32-2)21(24,25)26)28-14-5-3-4-13-11(14)7-9-16(29)27-13/h3-9,19,28,30H,10H2,1-2H3,(H,27,29)/t19-,20-/m1/s1. The number of hydrogen-bond acceptors (Lipinski definition) is 5. The third kappa shape index (κ3) is 4.39. The quantitative estimate of drug-likeness (QED) is 0.400. The number of aromatic amines is 1. The van der Waals surface area contributed by atoms with Crippen molar-refractivity contribution in [2.45, 2.75) is 17.8 Å². The van der Waals surface area contributed by atoms with E-state index in [0.717, 1.165) is 17.8 Å². The van der Waals surface area contributed by atoms with Crippen LogP contribution in [0.15, 0.2) is 47.3 Å². The van der Waals surface area contributed by atoms with Crippen molar-refractivity contribution in [1.29, 1.82) is 0 Å². The Balaban J connectivity index is 2.25. The van der Waals surface area contributed by atoms with Gasteiger partial charge in [-0.25, -0.2) is 4.39 Å². The molecule has 0 aliphatic carbocycles. The number of halogens is 5. The minimum absolute atomic E-state index is 0.180. The fourth-order valence-corrected chi connectivity index (χ4v) is 4.43. The molecule has 0 aliphatic rings. The first-order chi connectivity index (χ1) is 15.0. The molecule has 0 saturated carbocycles. The summed E-state index contributed by atoms with van der Waals surface area (Å²) in [5.74, 6) is -2.05. The summed E-state index contributed by atoms with van der Waals surface area (Å²) in [5, 5.41) is 13.4. The fourth-order valence-electron chi connectivity index (χ4n) is 3.40. The molecule has 5 nitrogen and oxygen atoms in total. The zero-order chi connectivity index (χ0) is 23.7. The van der Waals surface area contributed by atoms with Crippen molar-refractivity contribution in [3.63, 3.8) is 0 Å². The van der Waals surface area contributed by atoms with Gasteiger partial charge in [0.15, 0.2) is 17.2 Å². The summed E-state index contributed by atoms with van der Waals surface area (Å²) in [5.41, 5.74) is -3.46. The van der Waals surface area contributed by atoms with Crippen LogP contribution in [-0.4, -0.2) is 41.0 Å². The number of H-pyrrole nitrogens is 1. The molecule has 0 unspecified atom stereocenters. The molecule has 3 N–H and O–H groups in total. The molecule has 1 aromatic heterocycles. The van der Waals surface area contributed by atoms with E-state index in [4.69, 9.17) is 16.3 Å². The van der Waals surface area contributed by atoms with Crippen molar-refractivity contribution in [3.8, 4) is 5.75 Å². The smallest absolute Gasteiger partial charge is 0.420 e. The first-order valence-corrected chi connectivity index (χ1v) is 11.0. The van der Waals surface area contributed by atoms with Crippen LogP contribution >= 0.6 is 23.4 Å². The van der Waals surface area contributed by atoms with Crippen LogP contribution in [0.1, 0.15) is 11.6 Å². The lowest BCUT2D eigenvalue weighted by atomic mass is 9.88. The number of aromatic nitrogens is 1. The van der Waals surface area contributed by atoms with E-state index in [0.29, 0.717) is 10.9 Å². The van der Waals surface area contributed by atoms with Gasteiger partial charge in [-0.05, 0) is 36.1 Å². The van der Waals surface area contributed by atoms with E-state index in [9.17, 15) is 27.5 Å². The number of anilines is 1. The number of alkyl halides is 3. The molecule has 0 saturated heterocycles. The van der Waals surface area contributed by atoms with Crippen molar-refractivity contribution < 1.29 is 27.4 Å². The second-order valence-electron chi connectivity index (χ2n) is 7.01. The number of thioether (sulfide) groups is 1. The van der Waals surface area contributed by atoms with Gasteiger partial charge in [-0.1, -0.05) is 23.7 Å². The van der Waals surface area contributed by atoms with E-state index >= 15 is 0 Å². The predicted octanol–water partition coefficient (Wildman–Crippen LogP) is 5.14. The Morgan fingerprint density at radius 2 is 1.94 bits per heavy atom. The number of aliphatic hydroxyl groups is 1. The topological polar surface area (TPSA) is 74.3 Å². The normalized spacial score (nSPS) is 14.8. The van der Waals surface area contributed by atoms with Gasteiger partial charge in [0, 0.05) is 22.9 Å². The first kappa shape index (κ1) is 24.2. The number of pyridine rings is 1. The second kappa shape index (κ2) is 9.21. The van der Waals surface area contributed by atoms with Crippen molar-refractivity contribution in [1.82, 2.24) is 4.98 Å². The lowest BCUT2D eigenvalue weighted by Gasteiger charge is -2.39. The molecule has 11 heteroatoms. The molecule has 0 aliphatic heterocycles. The number of ether oxygens (including phenoxy) is 1. The molecule has 1 heterocycles. The lowest BCUT2D eigenvalue weighted by molar-refractivity contribution is -0.256. The van der Waals surface area contributed by atoms with Gasteiger partial charge >= 0.3 is 6.18 Å². The van der Waals surface area contributed by atoms with Gasteiger partial charge in [0.05, 0.1) is 23.7 Å². The van der Waals surface area contributed by atoms with Crippen LogP contribution in [0.3, 0.4) is 0 Å². The molecule has 32 heavy (non-hydrogen) atoms. The SMILES string of the molecule is COc1ccc([C@@H](Nc2cccc3[nH]c(=O)ccc23)[C@](O)(CSC)C(F)(F)F)c(Cl)c1F. The molecular formula is C21H19ClF4N2O3S. The summed E-state index contributed by atoms with van der Waals surface area (Å²) >= 11 is 6.88. The van der Waals surface area contributed by atoms with Gasteiger partial charge in [0.1, 0.15) is 0 Å². The van der Waals surface area contributed by atoms with E-state index in [1.165, 1.54) is 43.7 Å². The summed E-state index contributed by atoms with van der Waals surface area (Å²) in [6.07, 6.45) is -3.68. The van der Waals surface area contributed by atoms with E-state index in [2.05, 4.69) is 10.3 Å². The molecule has 0 fully saturated rings. The van der Waals surface area contributed by atoms with Crippen LogP contribution < -0.4 is 15.6 Å². The number of rotatable bonds is 7. The van der Waals surface area contributed by atoms with Gasteiger partial charge in [0.25, 0.3) is 0 Å². The minimum atomic E-state index is -5.09. The molecule has 2 aromatic carbocycles. The number of fused-ring (bicyclic) bond motifs is 1. The van der Waals surface area contributed by atoms with E-state index < -0.39 is 34.4 Å². The third-order valence-corrected chi connectivity index (χ3v) is 6.12. The lowest BCUT2D eigenvalue weighted by Crippen LogP contribution is -2.54. The highest BCUT2D eigenvalue weighted by Gasteiger charge is 2.59. The molecule has 0 amide bonds. The van der Waals surface area contributed by atoms with Crippen LogP contribution in [0.5, 0.6) is 5.75 Å². The Morgan fingerprint density at radius 1 is 1.22 bits per heavy atom. The number of methoxy groups -OCH3 is 1. The van der Waals surface area contributed by atoms with Gasteiger partial charge < -0.3 is 20.1 Å². The Labute approximate surface area is 189 Å². The van der Waals surface area contributed by atoms with Crippen molar-refractivity contribution in [2.24, 2.45) is 0 Å². The number of hydrogen-bond donors (Lipinski definition) is 3. The molecule has 0 bridgehead atoms. The Hall–Kier alpha value is -2.43. The highest BCUT2D eigenvalue weighted by Crippen LogP contribution is 2.46. The highest BCUT2D eigenvalue weighted by molar-refractivity contribution is 7.98. The molecule has 172 valence electrons. The van der Waals surface area contributed by atoms with Crippen LogP contribution in [0.4, 0.5) is 23.2 Å². The predicted molar refractivity (Wildman–Crippen MR) is 118 cm³/mol. The molecule has 3 aromatic rings. The summed E-state index contributed by atoms with van der Waals surface area (Å²) in [7, 11) is 1.20. The zero-order valence-electron chi connectivity index (χ0n) is 16.9. The summed E-state index contributed by atoms with van der Waals surface area (Å²) < 4.78 is 62.0. The van der Waals surface area contributed by atoms with Crippen molar-refractivity contribution in [3.05, 3.63) is 69.2 Å². The maximum Gasteiger partial charge on any atom is 0.420 e. The average molecular weight is 491 g/mol. The number of benzene rings is 2. The minimum Gasteiger partial charge on any atom is -0.494 e. The van der Waals surface area contributed by atoms with Crippen LogP contribution in [-0.2, 0) is 0 Å². The second-order valence-corrected chi connectivity index (χ2v) is 8.25. The summed E-state index contributed by atoms with van der Waals surface area (Å²) in [4.78, 5) is 14.2. The zero-order valence-corrected chi connectivity index (χ0v) is 18.5. The molecule has 3 rings (SSSR count). The van der Waals surface area contributed by atoms with E-state index in [1.807, 2.05) is 0 Å². The van der Waals surface area contributed by atoms with Gasteiger partial charge in [0.2, 0.25) is 5.56 Å².